The first-order valence-electron chi connectivity index (χ1n) is 6.13. The molecule has 0 bridgehead atoms. The normalized spacial score (nSPS) is 11.1. The number of primary amides is 1. The first-order chi connectivity index (χ1) is 9.04. The summed E-state index contributed by atoms with van der Waals surface area (Å²) < 4.78 is 0. The third kappa shape index (κ3) is 5.90. The zero-order valence-electron chi connectivity index (χ0n) is 11.4. The number of amides is 3. The van der Waals surface area contributed by atoms with Crippen LogP contribution in [0, 0.1) is 6.92 Å². The standard InChI is InChI=1S/C13H20N4O2.ClH/c1-9-4-2-3-5-10(9)11(17-13(15)19)8-12(18)16-7-6-14;/h2-5,11H,6-8,14H2,1H3,(H,16,18)(H3,15,17,19);1H. The highest BCUT2D eigenvalue weighted by Gasteiger charge is 2.18. The first kappa shape index (κ1) is 18.2. The second-order valence-electron chi connectivity index (χ2n) is 4.26. The molecule has 0 aromatic heterocycles. The number of urea groups is 1. The van der Waals surface area contributed by atoms with Gasteiger partial charge in [0, 0.05) is 13.1 Å². The van der Waals surface area contributed by atoms with Crippen LogP contribution in [0.15, 0.2) is 24.3 Å². The number of carbonyl (C=O) groups excluding carboxylic acids is 2. The molecular formula is C13H21ClN4O2. The molecule has 3 amide bonds. The molecule has 0 radical (unpaired) electrons. The van der Waals surface area contributed by atoms with Crippen molar-refractivity contribution in [3.63, 3.8) is 0 Å². The van der Waals surface area contributed by atoms with Gasteiger partial charge >= 0.3 is 6.03 Å². The number of nitrogens with two attached hydrogens (primary N) is 2. The number of halogens is 1. The van der Waals surface area contributed by atoms with E-state index in [1.165, 1.54) is 0 Å². The second-order valence-corrected chi connectivity index (χ2v) is 4.26. The number of rotatable bonds is 6. The maximum atomic E-state index is 11.7. The Morgan fingerprint density at radius 3 is 2.50 bits per heavy atom. The lowest BCUT2D eigenvalue weighted by molar-refractivity contribution is -0.121. The molecule has 0 aliphatic carbocycles. The Morgan fingerprint density at radius 1 is 1.30 bits per heavy atom. The van der Waals surface area contributed by atoms with E-state index in [2.05, 4.69) is 10.6 Å². The first-order valence-corrected chi connectivity index (χ1v) is 6.13. The van der Waals surface area contributed by atoms with Crippen molar-refractivity contribution in [3.05, 3.63) is 35.4 Å². The Hall–Kier alpha value is -1.79. The van der Waals surface area contributed by atoms with E-state index in [0.29, 0.717) is 13.1 Å². The third-order valence-electron chi connectivity index (χ3n) is 2.74. The predicted molar refractivity (Wildman–Crippen MR) is 80.6 cm³/mol. The summed E-state index contributed by atoms with van der Waals surface area (Å²) in [5, 5.41) is 5.26. The zero-order chi connectivity index (χ0) is 14.3. The number of aryl methyl sites for hydroxylation is 1. The van der Waals surface area contributed by atoms with Crippen LogP contribution in [0.5, 0.6) is 0 Å². The molecule has 0 fully saturated rings. The molecule has 0 heterocycles. The third-order valence-corrected chi connectivity index (χ3v) is 2.74. The molecule has 1 aromatic carbocycles. The van der Waals surface area contributed by atoms with Crippen molar-refractivity contribution < 1.29 is 9.59 Å². The largest absolute Gasteiger partial charge is 0.355 e. The van der Waals surface area contributed by atoms with E-state index >= 15 is 0 Å². The fourth-order valence-corrected chi connectivity index (χ4v) is 1.86. The van der Waals surface area contributed by atoms with Gasteiger partial charge in [0.25, 0.3) is 0 Å². The number of carbonyl (C=O) groups is 2. The van der Waals surface area contributed by atoms with Gasteiger partial charge in [-0.3, -0.25) is 4.79 Å². The van der Waals surface area contributed by atoms with E-state index in [0.717, 1.165) is 11.1 Å². The Labute approximate surface area is 124 Å². The van der Waals surface area contributed by atoms with Gasteiger partial charge in [0.05, 0.1) is 12.5 Å². The van der Waals surface area contributed by atoms with Gasteiger partial charge in [-0.1, -0.05) is 24.3 Å². The average Bonchev–Trinajstić information content (AvgIpc) is 2.35. The number of nitrogens with one attached hydrogen (secondary N) is 2. The van der Waals surface area contributed by atoms with Gasteiger partial charge in [0.2, 0.25) is 5.91 Å². The van der Waals surface area contributed by atoms with Crippen LogP contribution < -0.4 is 22.1 Å². The summed E-state index contributed by atoms with van der Waals surface area (Å²) in [6, 6.07) is 6.45. The van der Waals surface area contributed by atoms with Crippen molar-refractivity contribution in [1.29, 1.82) is 0 Å². The lowest BCUT2D eigenvalue weighted by atomic mass is 9.98. The maximum absolute atomic E-state index is 11.7. The number of benzene rings is 1. The van der Waals surface area contributed by atoms with Crippen molar-refractivity contribution in [2.45, 2.75) is 19.4 Å². The monoisotopic (exact) mass is 300 g/mol. The highest BCUT2D eigenvalue weighted by molar-refractivity contribution is 5.85. The molecule has 0 saturated carbocycles. The van der Waals surface area contributed by atoms with E-state index in [1.807, 2.05) is 31.2 Å². The Kier molecular flexibility index (Phi) is 8.35. The molecule has 1 unspecified atom stereocenters. The summed E-state index contributed by atoms with van der Waals surface area (Å²) >= 11 is 0. The molecule has 1 aromatic rings. The van der Waals surface area contributed by atoms with Crippen molar-refractivity contribution in [1.82, 2.24) is 10.6 Å². The SMILES string of the molecule is Cc1ccccc1C(CC(=O)NCCN)NC(N)=O.Cl. The van der Waals surface area contributed by atoms with Crippen LogP contribution in [-0.4, -0.2) is 25.0 Å². The molecule has 0 aliphatic heterocycles. The van der Waals surface area contributed by atoms with Crippen LogP contribution in [0.3, 0.4) is 0 Å². The minimum Gasteiger partial charge on any atom is -0.355 e. The molecule has 1 rings (SSSR count). The Morgan fingerprint density at radius 2 is 1.95 bits per heavy atom. The number of hydrogen-bond acceptors (Lipinski definition) is 3. The summed E-state index contributed by atoms with van der Waals surface area (Å²) in [4.78, 5) is 22.8. The van der Waals surface area contributed by atoms with E-state index in [-0.39, 0.29) is 24.7 Å². The van der Waals surface area contributed by atoms with Crippen LogP contribution in [0.2, 0.25) is 0 Å². The van der Waals surface area contributed by atoms with Gasteiger partial charge in [0.15, 0.2) is 0 Å². The summed E-state index contributed by atoms with van der Waals surface area (Å²) in [5.41, 5.74) is 12.3. The smallest absolute Gasteiger partial charge is 0.312 e. The molecule has 0 aliphatic rings. The average molecular weight is 301 g/mol. The summed E-state index contributed by atoms with van der Waals surface area (Å²) in [6.45, 7) is 2.71. The predicted octanol–water partition coefficient (Wildman–Crippen LogP) is 0.591. The minimum atomic E-state index is -0.653. The van der Waals surface area contributed by atoms with Crippen LogP contribution >= 0.6 is 12.4 Å². The topological polar surface area (TPSA) is 110 Å². The fourth-order valence-electron chi connectivity index (χ4n) is 1.86. The van der Waals surface area contributed by atoms with Gasteiger partial charge in [0.1, 0.15) is 0 Å². The van der Waals surface area contributed by atoms with Gasteiger partial charge in [-0.2, -0.15) is 0 Å². The maximum Gasteiger partial charge on any atom is 0.312 e. The lowest BCUT2D eigenvalue weighted by Gasteiger charge is -2.19. The molecule has 0 spiro atoms. The van der Waals surface area contributed by atoms with E-state index in [4.69, 9.17) is 11.5 Å². The minimum absolute atomic E-state index is 0. The van der Waals surface area contributed by atoms with Gasteiger partial charge < -0.3 is 22.1 Å². The summed E-state index contributed by atoms with van der Waals surface area (Å²) in [5.74, 6) is -0.174. The highest BCUT2D eigenvalue weighted by atomic mass is 35.5. The van der Waals surface area contributed by atoms with Gasteiger partial charge in [-0.25, -0.2) is 4.79 Å². The molecule has 6 nitrogen and oxygen atoms in total. The van der Waals surface area contributed by atoms with E-state index < -0.39 is 12.1 Å². The number of hydrogen-bond donors (Lipinski definition) is 4. The Bertz CT molecular complexity index is 454. The molecule has 1 atom stereocenters. The molecule has 7 heteroatoms. The van der Waals surface area contributed by atoms with Gasteiger partial charge in [-0.05, 0) is 18.1 Å². The summed E-state index contributed by atoms with van der Waals surface area (Å²) in [7, 11) is 0. The van der Waals surface area contributed by atoms with Crippen molar-refractivity contribution in [2.75, 3.05) is 13.1 Å². The quantitative estimate of drug-likeness (QED) is 0.617. The van der Waals surface area contributed by atoms with Crippen molar-refractivity contribution >= 4 is 24.3 Å². The molecule has 20 heavy (non-hydrogen) atoms. The highest BCUT2D eigenvalue weighted by Crippen LogP contribution is 2.20. The van der Waals surface area contributed by atoms with Crippen LogP contribution in [-0.2, 0) is 4.79 Å². The van der Waals surface area contributed by atoms with Crippen LogP contribution in [0.1, 0.15) is 23.6 Å². The lowest BCUT2D eigenvalue weighted by Crippen LogP contribution is -2.37. The van der Waals surface area contributed by atoms with Crippen LogP contribution in [0.4, 0.5) is 4.79 Å². The molecular weight excluding hydrogens is 280 g/mol. The zero-order valence-corrected chi connectivity index (χ0v) is 12.2. The van der Waals surface area contributed by atoms with Gasteiger partial charge in [-0.15, -0.1) is 12.4 Å². The van der Waals surface area contributed by atoms with Crippen molar-refractivity contribution in [2.24, 2.45) is 11.5 Å². The van der Waals surface area contributed by atoms with Crippen LogP contribution in [0.25, 0.3) is 0 Å². The molecule has 112 valence electrons. The fraction of sp³-hybridized carbons (Fsp3) is 0.385. The van der Waals surface area contributed by atoms with E-state index in [1.54, 1.807) is 0 Å². The second kappa shape index (κ2) is 9.17. The summed E-state index contributed by atoms with van der Waals surface area (Å²) in [6.07, 6.45) is 0.133. The van der Waals surface area contributed by atoms with Crippen molar-refractivity contribution in [3.8, 4) is 0 Å². The molecule has 6 N–H and O–H groups in total. The molecule has 0 saturated heterocycles. The van der Waals surface area contributed by atoms with E-state index in [9.17, 15) is 9.59 Å². The Balaban J connectivity index is 0.00000361.